The zero-order chi connectivity index (χ0) is 23.9. The molecule has 1 amide bonds. The van der Waals surface area contributed by atoms with Gasteiger partial charge in [0.25, 0.3) is 5.69 Å². The number of para-hydroxylation sites is 1. The number of carbonyl (C=O) groups excluding carboxylic acids is 1. The number of amides is 1. The van der Waals surface area contributed by atoms with Gasteiger partial charge in [0.15, 0.2) is 11.0 Å². The molecule has 0 aliphatic heterocycles. The summed E-state index contributed by atoms with van der Waals surface area (Å²) in [5.41, 5.74) is 2.46. The predicted molar refractivity (Wildman–Crippen MR) is 129 cm³/mol. The maximum absolute atomic E-state index is 12.5. The van der Waals surface area contributed by atoms with Gasteiger partial charge in [0.2, 0.25) is 5.91 Å². The Balaban J connectivity index is 1.50. The van der Waals surface area contributed by atoms with Crippen molar-refractivity contribution in [2.24, 2.45) is 0 Å². The van der Waals surface area contributed by atoms with Gasteiger partial charge in [0, 0.05) is 29.9 Å². The number of nitro benzene ring substituents is 1. The first kappa shape index (κ1) is 23.0. The van der Waals surface area contributed by atoms with E-state index in [0.29, 0.717) is 23.1 Å². The van der Waals surface area contributed by atoms with Gasteiger partial charge in [-0.05, 0) is 42.0 Å². The first-order chi connectivity index (χ1) is 16.5. The van der Waals surface area contributed by atoms with E-state index in [9.17, 15) is 14.9 Å². The van der Waals surface area contributed by atoms with E-state index in [4.69, 9.17) is 4.74 Å². The predicted octanol–water partition coefficient (Wildman–Crippen LogP) is 4.26. The fourth-order valence-corrected chi connectivity index (χ4v) is 4.00. The van der Waals surface area contributed by atoms with Crippen molar-refractivity contribution in [1.82, 2.24) is 20.1 Å². The van der Waals surface area contributed by atoms with Crippen molar-refractivity contribution in [3.05, 3.63) is 94.5 Å². The molecule has 10 heteroatoms. The molecular formula is C24H21N5O4S. The van der Waals surface area contributed by atoms with E-state index in [0.717, 1.165) is 17.0 Å². The van der Waals surface area contributed by atoms with Crippen LogP contribution < -0.4 is 10.1 Å². The van der Waals surface area contributed by atoms with Crippen LogP contribution in [0.15, 0.2) is 84.0 Å². The van der Waals surface area contributed by atoms with Crippen molar-refractivity contribution in [3.8, 4) is 22.8 Å². The summed E-state index contributed by atoms with van der Waals surface area (Å²) in [7, 11) is 1.61. The quantitative estimate of drug-likeness (QED) is 0.219. The lowest BCUT2D eigenvalue weighted by Crippen LogP contribution is -2.24. The zero-order valence-corrected chi connectivity index (χ0v) is 19.1. The molecule has 0 unspecified atom stereocenters. The van der Waals surface area contributed by atoms with E-state index >= 15 is 0 Å². The summed E-state index contributed by atoms with van der Waals surface area (Å²) in [5, 5.41) is 23.0. The molecule has 0 aliphatic carbocycles. The van der Waals surface area contributed by atoms with Crippen molar-refractivity contribution < 1.29 is 14.5 Å². The first-order valence-electron chi connectivity index (χ1n) is 10.3. The molecule has 34 heavy (non-hydrogen) atoms. The van der Waals surface area contributed by atoms with E-state index in [-0.39, 0.29) is 17.3 Å². The Hall–Kier alpha value is -4.18. The molecule has 0 fully saturated rings. The summed E-state index contributed by atoms with van der Waals surface area (Å²) in [5.74, 6) is 1.30. The Bertz CT molecular complexity index is 1280. The number of methoxy groups -OCH3 is 1. The van der Waals surface area contributed by atoms with Gasteiger partial charge in [-0.25, -0.2) is 0 Å². The molecule has 9 nitrogen and oxygen atoms in total. The van der Waals surface area contributed by atoms with E-state index in [1.54, 1.807) is 19.2 Å². The highest BCUT2D eigenvalue weighted by molar-refractivity contribution is 7.99. The molecule has 0 saturated heterocycles. The maximum Gasteiger partial charge on any atom is 0.269 e. The standard InChI is InChI=1S/C24H21N5O4S/c1-33-21-13-7-17(8-14-21)15-25-22(30)16-34-24-27-26-23(28(24)19-5-3-2-4-6-19)18-9-11-20(12-10-18)29(31)32/h2-14H,15-16H2,1H3,(H,25,30). The number of nitrogens with zero attached hydrogens (tertiary/aromatic N) is 4. The lowest BCUT2D eigenvalue weighted by molar-refractivity contribution is -0.384. The summed E-state index contributed by atoms with van der Waals surface area (Å²) in [6.45, 7) is 0.406. The average Bonchev–Trinajstić information content (AvgIpc) is 3.31. The topological polar surface area (TPSA) is 112 Å². The minimum atomic E-state index is -0.447. The lowest BCUT2D eigenvalue weighted by atomic mass is 10.2. The number of rotatable bonds is 9. The maximum atomic E-state index is 12.5. The fourth-order valence-electron chi connectivity index (χ4n) is 3.22. The number of carbonyl (C=O) groups is 1. The highest BCUT2D eigenvalue weighted by Gasteiger charge is 2.18. The van der Waals surface area contributed by atoms with Crippen LogP contribution in [0.25, 0.3) is 17.1 Å². The summed E-state index contributed by atoms with van der Waals surface area (Å²) in [4.78, 5) is 23.0. The number of non-ortho nitro benzene ring substituents is 1. The Morgan fingerprint density at radius 3 is 2.38 bits per heavy atom. The van der Waals surface area contributed by atoms with Crippen LogP contribution in [0.4, 0.5) is 5.69 Å². The molecule has 1 aromatic heterocycles. The number of nitrogens with one attached hydrogen (secondary N) is 1. The molecule has 0 spiro atoms. The Morgan fingerprint density at radius 2 is 1.74 bits per heavy atom. The second-order valence-corrected chi connectivity index (χ2v) is 8.14. The van der Waals surface area contributed by atoms with Crippen LogP contribution in [0.1, 0.15) is 5.56 Å². The molecule has 0 saturated carbocycles. The highest BCUT2D eigenvalue weighted by atomic mass is 32.2. The molecule has 3 aromatic carbocycles. The van der Waals surface area contributed by atoms with Crippen LogP contribution >= 0.6 is 11.8 Å². The van der Waals surface area contributed by atoms with Crippen LogP contribution in [0.5, 0.6) is 5.75 Å². The first-order valence-corrected chi connectivity index (χ1v) is 11.3. The van der Waals surface area contributed by atoms with Gasteiger partial charge in [-0.2, -0.15) is 0 Å². The van der Waals surface area contributed by atoms with Gasteiger partial charge in [-0.1, -0.05) is 42.1 Å². The van der Waals surface area contributed by atoms with E-state index < -0.39 is 4.92 Å². The van der Waals surface area contributed by atoms with Crippen molar-refractivity contribution >= 4 is 23.4 Å². The van der Waals surface area contributed by atoms with Crippen molar-refractivity contribution in [2.75, 3.05) is 12.9 Å². The summed E-state index contributed by atoms with van der Waals surface area (Å²) >= 11 is 1.26. The summed E-state index contributed by atoms with van der Waals surface area (Å²) < 4.78 is 6.98. The van der Waals surface area contributed by atoms with Gasteiger partial charge in [-0.15, -0.1) is 10.2 Å². The largest absolute Gasteiger partial charge is 0.497 e. The Kier molecular flexibility index (Phi) is 7.19. The second kappa shape index (κ2) is 10.6. The van der Waals surface area contributed by atoms with Crippen LogP contribution in [0.3, 0.4) is 0 Å². The van der Waals surface area contributed by atoms with Crippen molar-refractivity contribution in [2.45, 2.75) is 11.7 Å². The normalized spacial score (nSPS) is 10.6. The molecule has 0 bridgehead atoms. The number of aromatic nitrogens is 3. The number of ether oxygens (including phenoxy) is 1. The molecule has 0 atom stereocenters. The van der Waals surface area contributed by atoms with Gasteiger partial charge in [0.1, 0.15) is 5.75 Å². The monoisotopic (exact) mass is 475 g/mol. The van der Waals surface area contributed by atoms with Crippen LogP contribution in [-0.4, -0.2) is 38.5 Å². The van der Waals surface area contributed by atoms with Gasteiger partial charge in [-0.3, -0.25) is 19.5 Å². The minimum Gasteiger partial charge on any atom is -0.497 e. The third-order valence-electron chi connectivity index (χ3n) is 4.97. The molecule has 1 N–H and O–H groups in total. The number of hydrogen-bond donors (Lipinski definition) is 1. The number of benzene rings is 3. The van der Waals surface area contributed by atoms with Crippen LogP contribution in [0, 0.1) is 10.1 Å². The van der Waals surface area contributed by atoms with Gasteiger partial charge >= 0.3 is 0 Å². The smallest absolute Gasteiger partial charge is 0.269 e. The number of thioether (sulfide) groups is 1. The fraction of sp³-hybridized carbons (Fsp3) is 0.125. The highest BCUT2D eigenvalue weighted by Crippen LogP contribution is 2.29. The minimum absolute atomic E-state index is 0.00217. The van der Waals surface area contributed by atoms with E-state index in [2.05, 4.69) is 15.5 Å². The van der Waals surface area contributed by atoms with Crippen molar-refractivity contribution in [1.29, 1.82) is 0 Å². The van der Waals surface area contributed by atoms with Gasteiger partial charge in [0.05, 0.1) is 17.8 Å². The molecule has 4 rings (SSSR count). The number of nitro groups is 1. The second-order valence-electron chi connectivity index (χ2n) is 7.19. The third kappa shape index (κ3) is 5.41. The van der Waals surface area contributed by atoms with Gasteiger partial charge < -0.3 is 10.1 Å². The Labute approximate surface area is 199 Å². The molecular weight excluding hydrogens is 454 g/mol. The van der Waals surface area contributed by atoms with Crippen LogP contribution in [0.2, 0.25) is 0 Å². The third-order valence-corrected chi connectivity index (χ3v) is 5.89. The zero-order valence-electron chi connectivity index (χ0n) is 18.2. The SMILES string of the molecule is COc1ccc(CNC(=O)CSc2nnc(-c3ccc([N+](=O)[O-])cc3)n2-c2ccccc2)cc1. The lowest BCUT2D eigenvalue weighted by Gasteiger charge is -2.10. The van der Waals surface area contributed by atoms with E-state index in [1.807, 2.05) is 59.2 Å². The molecule has 0 aliphatic rings. The summed E-state index contributed by atoms with van der Waals surface area (Å²) in [6, 6.07) is 23.1. The molecule has 0 radical (unpaired) electrons. The molecule has 1 heterocycles. The average molecular weight is 476 g/mol. The molecule has 172 valence electrons. The number of hydrogen-bond acceptors (Lipinski definition) is 7. The van der Waals surface area contributed by atoms with Crippen molar-refractivity contribution in [3.63, 3.8) is 0 Å². The Morgan fingerprint density at radius 1 is 1.03 bits per heavy atom. The van der Waals surface area contributed by atoms with E-state index in [1.165, 1.54) is 23.9 Å². The molecule has 4 aromatic rings. The summed E-state index contributed by atoms with van der Waals surface area (Å²) in [6.07, 6.45) is 0. The van der Waals surface area contributed by atoms with Crippen LogP contribution in [-0.2, 0) is 11.3 Å².